The predicted octanol–water partition coefficient (Wildman–Crippen LogP) is 5.02. The highest BCUT2D eigenvalue weighted by molar-refractivity contribution is 6.30. The average Bonchev–Trinajstić information content (AvgIpc) is 3.01. The standard InChI is InChI=1S/C18H13ClN4/c19-13-4-1-3-12(9-13)17-10-15-16(23-17)6-8-21-18(15)22-14-5-2-7-20-11-14/h1-11,23H,(H,21,22). The summed E-state index contributed by atoms with van der Waals surface area (Å²) in [5.41, 5.74) is 3.96. The van der Waals surface area contributed by atoms with Crippen molar-refractivity contribution in [2.75, 3.05) is 5.32 Å². The quantitative estimate of drug-likeness (QED) is 0.557. The van der Waals surface area contributed by atoms with E-state index >= 15 is 0 Å². The Hall–Kier alpha value is -2.85. The molecule has 4 nitrogen and oxygen atoms in total. The molecule has 0 aliphatic rings. The number of hydrogen-bond acceptors (Lipinski definition) is 3. The van der Waals surface area contributed by atoms with E-state index in [0.29, 0.717) is 5.02 Å². The fraction of sp³-hybridized carbons (Fsp3) is 0. The van der Waals surface area contributed by atoms with E-state index in [1.807, 2.05) is 42.5 Å². The van der Waals surface area contributed by atoms with Crippen molar-refractivity contribution in [3.63, 3.8) is 0 Å². The van der Waals surface area contributed by atoms with Gasteiger partial charge in [0.2, 0.25) is 0 Å². The van der Waals surface area contributed by atoms with Gasteiger partial charge in [0, 0.05) is 28.5 Å². The maximum Gasteiger partial charge on any atom is 0.139 e. The van der Waals surface area contributed by atoms with Gasteiger partial charge < -0.3 is 10.3 Å². The summed E-state index contributed by atoms with van der Waals surface area (Å²) >= 11 is 6.09. The number of aromatic nitrogens is 3. The first kappa shape index (κ1) is 13.8. The molecule has 0 atom stereocenters. The molecule has 3 heterocycles. The smallest absolute Gasteiger partial charge is 0.139 e. The summed E-state index contributed by atoms with van der Waals surface area (Å²) in [6.45, 7) is 0. The average molecular weight is 321 g/mol. The molecule has 0 bridgehead atoms. The molecule has 1 aromatic carbocycles. The number of halogens is 1. The molecule has 23 heavy (non-hydrogen) atoms. The van der Waals surface area contributed by atoms with Crippen LogP contribution in [0.4, 0.5) is 11.5 Å². The minimum absolute atomic E-state index is 0.716. The van der Waals surface area contributed by atoms with E-state index in [9.17, 15) is 0 Å². The van der Waals surface area contributed by atoms with E-state index in [1.54, 1.807) is 18.6 Å². The first-order chi connectivity index (χ1) is 11.3. The summed E-state index contributed by atoms with van der Waals surface area (Å²) in [5.74, 6) is 0.792. The Morgan fingerprint density at radius 2 is 1.96 bits per heavy atom. The number of nitrogens with one attached hydrogen (secondary N) is 2. The van der Waals surface area contributed by atoms with Crippen molar-refractivity contribution < 1.29 is 0 Å². The molecule has 0 radical (unpaired) electrons. The fourth-order valence-electron chi connectivity index (χ4n) is 2.54. The summed E-state index contributed by atoms with van der Waals surface area (Å²) in [7, 11) is 0. The van der Waals surface area contributed by atoms with Crippen LogP contribution in [0.2, 0.25) is 5.02 Å². The zero-order valence-corrected chi connectivity index (χ0v) is 12.9. The second kappa shape index (κ2) is 5.74. The molecule has 0 spiro atoms. The van der Waals surface area contributed by atoms with Crippen LogP contribution in [0.15, 0.2) is 67.1 Å². The SMILES string of the molecule is Clc1cccc(-c2cc3c(Nc4cccnc4)nccc3[nH]2)c1. The summed E-state index contributed by atoms with van der Waals surface area (Å²) < 4.78 is 0. The molecular weight excluding hydrogens is 308 g/mol. The molecule has 4 rings (SSSR count). The summed E-state index contributed by atoms with van der Waals surface area (Å²) in [6, 6.07) is 15.6. The number of benzene rings is 1. The van der Waals surface area contributed by atoms with Crippen LogP contribution in [0.3, 0.4) is 0 Å². The molecule has 0 unspecified atom stereocenters. The topological polar surface area (TPSA) is 53.6 Å². The van der Waals surface area contributed by atoms with Gasteiger partial charge in [-0.25, -0.2) is 4.98 Å². The minimum Gasteiger partial charge on any atom is -0.354 e. The van der Waals surface area contributed by atoms with Gasteiger partial charge in [0.05, 0.1) is 17.4 Å². The summed E-state index contributed by atoms with van der Waals surface area (Å²) in [5, 5.41) is 5.04. The maximum atomic E-state index is 6.09. The largest absolute Gasteiger partial charge is 0.354 e. The van der Waals surface area contributed by atoms with Crippen molar-refractivity contribution in [3.8, 4) is 11.3 Å². The molecule has 4 aromatic rings. The van der Waals surface area contributed by atoms with Crippen molar-refractivity contribution in [3.05, 3.63) is 72.1 Å². The van der Waals surface area contributed by atoms with Gasteiger partial charge in [-0.3, -0.25) is 4.98 Å². The van der Waals surface area contributed by atoms with Crippen LogP contribution >= 0.6 is 11.6 Å². The third-order valence-electron chi connectivity index (χ3n) is 3.61. The van der Waals surface area contributed by atoms with Crippen molar-refractivity contribution in [2.45, 2.75) is 0 Å². The van der Waals surface area contributed by atoms with Gasteiger partial charge >= 0.3 is 0 Å². The van der Waals surface area contributed by atoms with Gasteiger partial charge in [-0.1, -0.05) is 23.7 Å². The molecule has 0 saturated heterocycles. The lowest BCUT2D eigenvalue weighted by molar-refractivity contribution is 1.29. The highest BCUT2D eigenvalue weighted by Gasteiger charge is 2.09. The number of fused-ring (bicyclic) bond motifs is 1. The lowest BCUT2D eigenvalue weighted by Crippen LogP contribution is -1.93. The molecular formula is C18H13ClN4. The van der Waals surface area contributed by atoms with Crippen molar-refractivity contribution in [1.82, 2.24) is 15.0 Å². The van der Waals surface area contributed by atoms with Crippen LogP contribution in [0.25, 0.3) is 22.2 Å². The number of H-pyrrole nitrogens is 1. The van der Waals surface area contributed by atoms with Crippen LogP contribution in [0.1, 0.15) is 0 Å². The second-order valence-corrected chi connectivity index (χ2v) is 5.62. The number of rotatable bonds is 3. The molecule has 5 heteroatoms. The maximum absolute atomic E-state index is 6.09. The van der Waals surface area contributed by atoms with E-state index in [2.05, 4.69) is 26.3 Å². The van der Waals surface area contributed by atoms with E-state index in [-0.39, 0.29) is 0 Å². The van der Waals surface area contributed by atoms with Crippen LogP contribution in [0.5, 0.6) is 0 Å². The third-order valence-corrected chi connectivity index (χ3v) is 3.84. The Morgan fingerprint density at radius 1 is 1.00 bits per heavy atom. The molecule has 0 aliphatic heterocycles. The van der Waals surface area contributed by atoms with Gasteiger partial charge in [0.25, 0.3) is 0 Å². The number of anilines is 2. The molecule has 3 aromatic heterocycles. The Bertz CT molecular complexity index is 963. The number of pyridine rings is 2. The summed E-state index contributed by atoms with van der Waals surface area (Å²) in [4.78, 5) is 12.0. The van der Waals surface area contributed by atoms with E-state index < -0.39 is 0 Å². The van der Waals surface area contributed by atoms with Crippen molar-refractivity contribution >= 4 is 34.0 Å². The van der Waals surface area contributed by atoms with Gasteiger partial charge in [-0.05, 0) is 42.0 Å². The van der Waals surface area contributed by atoms with Crippen molar-refractivity contribution in [2.24, 2.45) is 0 Å². The monoisotopic (exact) mass is 320 g/mol. The van der Waals surface area contributed by atoms with Crippen LogP contribution in [-0.4, -0.2) is 15.0 Å². The normalized spacial score (nSPS) is 10.8. The Balaban J connectivity index is 1.78. The fourth-order valence-corrected chi connectivity index (χ4v) is 2.73. The Labute approximate surface area is 138 Å². The molecule has 0 aliphatic carbocycles. The molecule has 2 N–H and O–H groups in total. The lowest BCUT2D eigenvalue weighted by atomic mass is 10.1. The zero-order chi connectivity index (χ0) is 15.6. The van der Waals surface area contributed by atoms with E-state index in [1.165, 1.54) is 0 Å². The zero-order valence-electron chi connectivity index (χ0n) is 12.1. The van der Waals surface area contributed by atoms with Gasteiger partial charge in [-0.2, -0.15) is 0 Å². The van der Waals surface area contributed by atoms with Crippen molar-refractivity contribution in [1.29, 1.82) is 0 Å². The first-order valence-electron chi connectivity index (χ1n) is 7.20. The van der Waals surface area contributed by atoms with E-state index in [0.717, 1.165) is 33.7 Å². The van der Waals surface area contributed by atoms with Crippen LogP contribution in [-0.2, 0) is 0 Å². The number of nitrogens with zero attached hydrogens (tertiary/aromatic N) is 2. The molecule has 0 saturated carbocycles. The van der Waals surface area contributed by atoms with Crippen LogP contribution < -0.4 is 5.32 Å². The number of aromatic amines is 1. The first-order valence-corrected chi connectivity index (χ1v) is 7.58. The molecule has 112 valence electrons. The third kappa shape index (κ3) is 2.76. The molecule has 0 amide bonds. The Kier molecular flexibility index (Phi) is 3.44. The van der Waals surface area contributed by atoms with Gasteiger partial charge in [0.1, 0.15) is 5.82 Å². The highest BCUT2D eigenvalue weighted by atomic mass is 35.5. The minimum atomic E-state index is 0.716. The highest BCUT2D eigenvalue weighted by Crippen LogP contribution is 2.30. The van der Waals surface area contributed by atoms with E-state index in [4.69, 9.17) is 11.6 Å². The lowest BCUT2D eigenvalue weighted by Gasteiger charge is -2.05. The molecule has 0 fully saturated rings. The number of hydrogen-bond donors (Lipinski definition) is 2. The Morgan fingerprint density at radius 3 is 2.78 bits per heavy atom. The second-order valence-electron chi connectivity index (χ2n) is 5.18. The van der Waals surface area contributed by atoms with Gasteiger partial charge in [-0.15, -0.1) is 0 Å². The van der Waals surface area contributed by atoms with Crippen LogP contribution in [0, 0.1) is 0 Å². The predicted molar refractivity (Wildman–Crippen MR) is 94.1 cm³/mol. The summed E-state index contributed by atoms with van der Waals surface area (Å²) in [6.07, 6.45) is 5.29. The van der Waals surface area contributed by atoms with Gasteiger partial charge in [0.15, 0.2) is 0 Å².